The predicted molar refractivity (Wildman–Crippen MR) is 114 cm³/mol. The van der Waals surface area contributed by atoms with E-state index in [-0.39, 0.29) is 29.1 Å². The fraction of sp³-hybridized carbons (Fsp3) is 0.545. The molecule has 1 atom stereocenters. The summed E-state index contributed by atoms with van der Waals surface area (Å²) in [6.45, 7) is 3.52. The molecule has 0 bridgehead atoms. The number of hydrogen-bond acceptors (Lipinski definition) is 5. The van der Waals surface area contributed by atoms with E-state index in [0.29, 0.717) is 31.7 Å². The third-order valence-electron chi connectivity index (χ3n) is 6.88. The van der Waals surface area contributed by atoms with E-state index in [4.69, 9.17) is 0 Å². The Morgan fingerprint density at radius 3 is 2.77 bits per heavy atom. The van der Waals surface area contributed by atoms with Crippen molar-refractivity contribution >= 4 is 39.1 Å². The summed E-state index contributed by atoms with van der Waals surface area (Å²) in [4.78, 5) is 47.9. The molecule has 158 valence electrons. The Hall–Kier alpha value is -2.48. The van der Waals surface area contributed by atoms with Gasteiger partial charge in [0.05, 0.1) is 4.70 Å². The van der Waals surface area contributed by atoms with Gasteiger partial charge in [-0.05, 0) is 42.2 Å². The quantitative estimate of drug-likeness (QED) is 0.754. The standard InChI is InChI=1S/C22H26N4O3S/c1-24-9-4-16(20(24)28)11-17(27)25-8-2-6-22(12-25)13-26(14-22)21(29)18-19-15(3-7-23-18)5-10-30-19/h3,5,7,10,16H,2,4,6,8-9,11-14H2,1H3. The van der Waals surface area contributed by atoms with Crippen LogP contribution in [0.5, 0.6) is 0 Å². The van der Waals surface area contributed by atoms with Crippen LogP contribution < -0.4 is 0 Å². The monoisotopic (exact) mass is 426 g/mol. The lowest BCUT2D eigenvalue weighted by Crippen LogP contribution is -2.64. The van der Waals surface area contributed by atoms with Gasteiger partial charge in [-0.15, -0.1) is 11.3 Å². The van der Waals surface area contributed by atoms with E-state index >= 15 is 0 Å². The summed E-state index contributed by atoms with van der Waals surface area (Å²) in [7, 11) is 1.80. The molecule has 2 aromatic rings. The molecule has 3 aliphatic rings. The van der Waals surface area contributed by atoms with Gasteiger partial charge in [-0.25, -0.2) is 4.98 Å². The van der Waals surface area contributed by atoms with E-state index < -0.39 is 0 Å². The van der Waals surface area contributed by atoms with Crippen LogP contribution >= 0.6 is 11.3 Å². The van der Waals surface area contributed by atoms with Crippen molar-refractivity contribution in [3.8, 4) is 0 Å². The highest BCUT2D eigenvalue weighted by molar-refractivity contribution is 7.17. The number of thiophene rings is 1. The average molecular weight is 427 g/mol. The summed E-state index contributed by atoms with van der Waals surface area (Å²) in [5.74, 6) is -0.0165. The average Bonchev–Trinajstić information content (AvgIpc) is 3.33. The first-order valence-corrected chi connectivity index (χ1v) is 11.5. The molecule has 0 N–H and O–H groups in total. The highest BCUT2D eigenvalue weighted by atomic mass is 32.1. The Balaban J connectivity index is 1.22. The van der Waals surface area contributed by atoms with Crippen molar-refractivity contribution in [2.24, 2.45) is 11.3 Å². The summed E-state index contributed by atoms with van der Waals surface area (Å²) < 4.78 is 0.940. The van der Waals surface area contributed by atoms with Crippen molar-refractivity contribution in [1.29, 1.82) is 0 Å². The summed E-state index contributed by atoms with van der Waals surface area (Å²) in [5.41, 5.74) is 0.522. The van der Waals surface area contributed by atoms with Gasteiger partial charge in [0.25, 0.3) is 5.91 Å². The summed E-state index contributed by atoms with van der Waals surface area (Å²) in [5, 5.41) is 3.04. The molecule has 5 rings (SSSR count). The van der Waals surface area contributed by atoms with Crippen LogP contribution in [0, 0.1) is 11.3 Å². The highest BCUT2D eigenvalue weighted by Gasteiger charge is 2.49. The molecule has 0 saturated carbocycles. The molecule has 1 unspecified atom stereocenters. The van der Waals surface area contributed by atoms with Crippen LogP contribution in [-0.2, 0) is 9.59 Å². The predicted octanol–water partition coefficient (Wildman–Crippen LogP) is 2.23. The lowest BCUT2D eigenvalue weighted by Gasteiger charge is -2.54. The lowest BCUT2D eigenvalue weighted by molar-refractivity contribution is -0.142. The Morgan fingerprint density at radius 2 is 2.00 bits per heavy atom. The Bertz CT molecular complexity index is 1010. The summed E-state index contributed by atoms with van der Waals surface area (Å²) in [6.07, 6.45) is 4.75. The van der Waals surface area contributed by atoms with Gasteiger partial charge < -0.3 is 14.7 Å². The maximum Gasteiger partial charge on any atom is 0.273 e. The number of amides is 3. The van der Waals surface area contributed by atoms with Crippen molar-refractivity contribution in [2.45, 2.75) is 25.7 Å². The number of likely N-dealkylation sites (tertiary alicyclic amines) is 3. The minimum absolute atomic E-state index is 0.0105. The zero-order chi connectivity index (χ0) is 20.9. The van der Waals surface area contributed by atoms with Gasteiger partial charge >= 0.3 is 0 Å². The molecule has 5 heterocycles. The first-order valence-electron chi connectivity index (χ1n) is 10.6. The Labute approximate surface area is 179 Å². The van der Waals surface area contributed by atoms with E-state index in [1.807, 2.05) is 27.3 Å². The molecule has 8 heteroatoms. The van der Waals surface area contributed by atoms with Crippen LogP contribution in [0.2, 0.25) is 0 Å². The van der Waals surface area contributed by atoms with Crippen molar-refractivity contribution in [3.63, 3.8) is 0 Å². The van der Waals surface area contributed by atoms with Gasteiger partial charge in [-0.1, -0.05) is 0 Å². The van der Waals surface area contributed by atoms with Crippen LogP contribution in [0.25, 0.3) is 10.1 Å². The molecule has 7 nitrogen and oxygen atoms in total. The topological polar surface area (TPSA) is 73.8 Å². The van der Waals surface area contributed by atoms with Crippen molar-refractivity contribution < 1.29 is 14.4 Å². The number of nitrogens with zero attached hydrogens (tertiary/aromatic N) is 4. The highest BCUT2D eigenvalue weighted by Crippen LogP contribution is 2.40. The molecular weight excluding hydrogens is 400 g/mol. The van der Waals surface area contributed by atoms with Crippen LogP contribution in [0.15, 0.2) is 23.7 Å². The number of carbonyl (C=O) groups excluding carboxylic acids is 3. The van der Waals surface area contributed by atoms with Gasteiger partial charge in [0, 0.05) is 63.7 Å². The van der Waals surface area contributed by atoms with Crippen molar-refractivity contribution in [3.05, 3.63) is 29.4 Å². The maximum atomic E-state index is 13.0. The molecule has 0 aliphatic carbocycles. The fourth-order valence-corrected chi connectivity index (χ4v) is 6.08. The van der Waals surface area contributed by atoms with E-state index in [0.717, 1.165) is 42.4 Å². The number of hydrogen-bond donors (Lipinski definition) is 0. The number of piperidine rings is 1. The van der Waals surface area contributed by atoms with Crippen molar-refractivity contribution in [2.75, 3.05) is 39.8 Å². The number of pyridine rings is 1. The summed E-state index contributed by atoms with van der Waals surface area (Å²) in [6, 6.07) is 3.94. The third kappa shape index (κ3) is 3.27. The molecule has 3 fully saturated rings. The maximum absolute atomic E-state index is 13.0. The Morgan fingerprint density at radius 1 is 1.20 bits per heavy atom. The molecule has 30 heavy (non-hydrogen) atoms. The lowest BCUT2D eigenvalue weighted by atomic mass is 9.73. The first-order chi connectivity index (χ1) is 14.5. The van der Waals surface area contributed by atoms with Gasteiger partial charge in [0.15, 0.2) is 0 Å². The van der Waals surface area contributed by atoms with Crippen LogP contribution in [-0.4, -0.2) is 77.2 Å². The number of rotatable bonds is 3. The van der Waals surface area contributed by atoms with E-state index in [1.165, 1.54) is 0 Å². The smallest absolute Gasteiger partial charge is 0.273 e. The largest absolute Gasteiger partial charge is 0.345 e. The zero-order valence-corrected chi connectivity index (χ0v) is 18.0. The minimum Gasteiger partial charge on any atom is -0.345 e. The van der Waals surface area contributed by atoms with E-state index in [9.17, 15) is 14.4 Å². The number of aromatic nitrogens is 1. The van der Waals surface area contributed by atoms with Gasteiger partial charge in [-0.2, -0.15) is 0 Å². The third-order valence-corrected chi connectivity index (χ3v) is 7.82. The van der Waals surface area contributed by atoms with Gasteiger partial charge in [0.1, 0.15) is 5.69 Å². The molecule has 2 aromatic heterocycles. The number of carbonyl (C=O) groups is 3. The van der Waals surface area contributed by atoms with Crippen molar-refractivity contribution in [1.82, 2.24) is 19.7 Å². The minimum atomic E-state index is -0.169. The molecule has 0 radical (unpaired) electrons. The van der Waals surface area contributed by atoms with E-state index in [2.05, 4.69) is 4.98 Å². The fourth-order valence-electron chi connectivity index (χ4n) is 5.21. The molecule has 1 spiro atoms. The Kier molecular flexibility index (Phi) is 4.76. The number of fused-ring (bicyclic) bond motifs is 1. The second-order valence-electron chi connectivity index (χ2n) is 9.03. The SMILES string of the molecule is CN1CCC(CC(=O)N2CCCC3(C2)CN(C(=O)c2nccc4ccsc24)C3)C1=O. The molecule has 3 amide bonds. The van der Waals surface area contributed by atoms with Crippen LogP contribution in [0.3, 0.4) is 0 Å². The first kappa shape index (κ1) is 19.5. The second kappa shape index (κ2) is 7.34. The molecule has 0 aromatic carbocycles. The van der Waals surface area contributed by atoms with Crippen LogP contribution in [0.4, 0.5) is 0 Å². The summed E-state index contributed by atoms with van der Waals surface area (Å²) >= 11 is 1.55. The molecular formula is C22H26N4O3S. The van der Waals surface area contributed by atoms with Gasteiger partial charge in [-0.3, -0.25) is 14.4 Å². The van der Waals surface area contributed by atoms with Crippen LogP contribution in [0.1, 0.15) is 36.2 Å². The molecule has 3 saturated heterocycles. The molecule has 3 aliphatic heterocycles. The zero-order valence-electron chi connectivity index (χ0n) is 17.2. The van der Waals surface area contributed by atoms with Gasteiger partial charge in [0.2, 0.25) is 11.8 Å². The normalized spacial score (nSPS) is 23.3. The second-order valence-corrected chi connectivity index (χ2v) is 9.94. The van der Waals surface area contributed by atoms with E-state index in [1.54, 1.807) is 29.5 Å².